The molecule has 0 atom stereocenters. The van der Waals surface area contributed by atoms with E-state index < -0.39 is 109 Å². The van der Waals surface area contributed by atoms with Gasteiger partial charge in [0.2, 0.25) is 11.9 Å². The summed E-state index contributed by atoms with van der Waals surface area (Å²) in [6, 6.07) is 9.96. The zero-order chi connectivity index (χ0) is 47.4. The number of para-hydroxylation sites is 4. The lowest BCUT2D eigenvalue weighted by molar-refractivity contribution is 0.669. The predicted octanol–water partition coefficient (Wildman–Crippen LogP) is 11.3. The Bertz CT molecular complexity index is 3740. The first-order valence-electron chi connectivity index (χ1n) is 23.7. The summed E-state index contributed by atoms with van der Waals surface area (Å²) in [5.74, 6) is -1.11. The zero-order valence-corrected chi connectivity index (χ0v) is 26.0. The summed E-state index contributed by atoms with van der Waals surface area (Å²) in [6.07, 6.45) is 0. The van der Waals surface area contributed by atoms with E-state index in [1.165, 1.54) is 0 Å². The Balaban J connectivity index is 1.31. The van der Waals surface area contributed by atoms with E-state index in [-0.39, 0.29) is 49.4 Å². The molecule has 6 nitrogen and oxygen atoms in total. The SMILES string of the molecule is [2H]c1c([2H])c([2H])c2c(c1[2H])c1c([2H])c([2H])c([2H])c([2H])c1n2-c1nc(-c2ccc3oc4cc(-c5ccccc5)ccc4c3c2)nc(-n2c3c([2H])c([2H])c([2H])c([2H])c3c3c([2H])c([2H])c([2H])c([2H])c32)n1. The number of furan rings is 1. The Morgan fingerprint density at radius 3 is 1.47 bits per heavy atom. The number of hydrogen-bond acceptors (Lipinski definition) is 4. The maximum absolute atomic E-state index is 9.15. The van der Waals surface area contributed by atoms with Crippen LogP contribution in [0.3, 0.4) is 0 Å². The van der Waals surface area contributed by atoms with Gasteiger partial charge in [0.1, 0.15) is 11.2 Å². The summed E-state index contributed by atoms with van der Waals surface area (Å²) in [4.78, 5) is 14.4. The standard InChI is InChI=1S/C45H27N5O/c1-2-12-28(13-3-1)29-22-24-35-36-26-30(23-25-41(36)51-42(35)27-29)43-46-44(49-37-18-8-4-14-31(37)32-15-5-9-19-38(32)49)48-45(47-43)50-39-20-10-6-16-33(39)34-17-7-11-21-40(34)50/h1-27H/i4D,5D,6D,7D,8D,9D,10D,11D,14D,15D,16D,17D,18D,19D,20D,21D. The van der Waals surface area contributed by atoms with E-state index in [1.54, 1.807) is 18.2 Å². The fourth-order valence-corrected chi connectivity index (χ4v) is 6.65. The van der Waals surface area contributed by atoms with Gasteiger partial charge < -0.3 is 4.42 Å². The molecule has 0 N–H and O–H groups in total. The highest BCUT2D eigenvalue weighted by molar-refractivity contribution is 6.10. The molecule has 0 aliphatic rings. The normalized spacial score (nSPS) is 16.3. The maximum atomic E-state index is 9.15. The smallest absolute Gasteiger partial charge is 0.240 e. The lowest BCUT2D eigenvalue weighted by Crippen LogP contribution is -2.10. The molecule has 11 aromatic rings. The monoisotopic (exact) mass is 669 g/mol. The Hall–Kier alpha value is -7.05. The highest BCUT2D eigenvalue weighted by Gasteiger charge is 2.21. The van der Waals surface area contributed by atoms with Crippen molar-refractivity contribution in [2.45, 2.75) is 0 Å². The molecule has 11 rings (SSSR count). The maximum Gasteiger partial charge on any atom is 0.240 e. The minimum Gasteiger partial charge on any atom is -0.456 e. The average Bonchev–Trinajstić information content (AvgIpc) is 4.02. The number of aromatic nitrogens is 5. The summed E-state index contributed by atoms with van der Waals surface area (Å²) >= 11 is 0. The molecule has 0 saturated heterocycles. The molecule has 0 fully saturated rings. The molecule has 0 aliphatic carbocycles. The number of hydrogen-bond donors (Lipinski definition) is 0. The summed E-state index contributed by atoms with van der Waals surface area (Å²) in [7, 11) is 0. The Labute approximate surface area is 314 Å². The zero-order valence-electron chi connectivity index (χ0n) is 42.0. The van der Waals surface area contributed by atoms with Gasteiger partial charge in [0.05, 0.1) is 44.0 Å². The second kappa shape index (κ2) is 10.7. The van der Waals surface area contributed by atoms with Gasteiger partial charge in [-0.3, -0.25) is 9.13 Å². The van der Waals surface area contributed by atoms with Gasteiger partial charge >= 0.3 is 0 Å². The summed E-state index contributed by atoms with van der Waals surface area (Å²) in [5, 5.41) is 0.275. The van der Waals surface area contributed by atoms with Crippen LogP contribution in [0.15, 0.2) is 168 Å². The Kier molecular flexibility index (Phi) is 3.48. The fourth-order valence-electron chi connectivity index (χ4n) is 6.65. The summed E-state index contributed by atoms with van der Waals surface area (Å²) < 4.78 is 150. The van der Waals surface area contributed by atoms with E-state index >= 15 is 0 Å². The third kappa shape index (κ3) is 4.20. The van der Waals surface area contributed by atoms with Gasteiger partial charge in [0.25, 0.3) is 0 Å². The first-order chi connectivity index (χ1) is 31.9. The van der Waals surface area contributed by atoms with Crippen LogP contribution in [0.5, 0.6) is 0 Å². The van der Waals surface area contributed by atoms with E-state index in [1.807, 2.05) is 48.5 Å². The Morgan fingerprint density at radius 1 is 0.412 bits per heavy atom. The van der Waals surface area contributed by atoms with Crippen LogP contribution in [0.4, 0.5) is 0 Å². The van der Waals surface area contributed by atoms with Crippen LogP contribution < -0.4 is 0 Å². The quantitative estimate of drug-likeness (QED) is 0.187. The molecule has 0 saturated carbocycles. The molecule has 238 valence electrons. The van der Waals surface area contributed by atoms with Crippen molar-refractivity contribution in [1.29, 1.82) is 0 Å². The lowest BCUT2D eigenvalue weighted by atomic mass is 10.0. The third-order valence-electron chi connectivity index (χ3n) is 8.91. The first kappa shape index (κ1) is 16.6. The topological polar surface area (TPSA) is 61.7 Å². The molecular weight excluding hydrogens is 627 g/mol. The van der Waals surface area contributed by atoms with Gasteiger partial charge in [-0.15, -0.1) is 0 Å². The number of benzene rings is 7. The highest BCUT2D eigenvalue weighted by Crippen LogP contribution is 2.37. The van der Waals surface area contributed by atoms with E-state index in [2.05, 4.69) is 0 Å². The van der Waals surface area contributed by atoms with E-state index in [4.69, 9.17) is 41.3 Å². The molecule has 4 aromatic heterocycles. The van der Waals surface area contributed by atoms with Crippen LogP contribution in [-0.2, 0) is 0 Å². The van der Waals surface area contributed by atoms with Gasteiger partial charge in [-0.25, -0.2) is 0 Å². The van der Waals surface area contributed by atoms with Gasteiger partial charge in [-0.05, 0) is 65.6 Å². The van der Waals surface area contributed by atoms with Gasteiger partial charge in [0, 0.05) is 37.9 Å². The predicted molar refractivity (Wildman–Crippen MR) is 207 cm³/mol. The van der Waals surface area contributed by atoms with Gasteiger partial charge in [-0.2, -0.15) is 15.0 Å². The lowest BCUT2D eigenvalue weighted by Gasteiger charge is -2.12. The first-order valence-corrected chi connectivity index (χ1v) is 15.7. The van der Waals surface area contributed by atoms with Crippen molar-refractivity contribution in [3.63, 3.8) is 0 Å². The minimum atomic E-state index is -0.701. The molecule has 0 unspecified atom stereocenters. The van der Waals surface area contributed by atoms with Crippen LogP contribution in [0.1, 0.15) is 21.9 Å². The average molecular weight is 670 g/mol. The van der Waals surface area contributed by atoms with Crippen molar-refractivity contribution in [2.75, 3.05) is 0 Å². The Morgan fingerprint density at radius 2 is 0.922 bits per heavy atom. The second-order valence-electron chi connectivity index (χ2n) is 11.7. The van der Waals surface area contributed by atoms with Crippen LogP contribution in [0, 0.1) is 0 Å². The largest absolute Gasteiger partial charge is 0.456 e. The number of fused-ring (bicyclic) bond motifs is 9. The van der Waals surface area contributed by atoms with Crippen molar-refractivity contribution >= 4 is 65.6 Å². The second-order valence-corrected chi connectivity index (χ2v) is 11.7. The molecular formula is C45H27N5O. The van der Waals surface area contributed by atoms with Crippen LogP contribution >= 0.6 is 0 Å². The highest BCUT2D eigenvalue weighted by atomic mass is 16.3. The van der Waals surface area contributed by atoms with Gasteiger partial charge in [-0.1, -0.05) is 109 Å². The van der Waals surface area contributed by atoms with E-state index in [0.29, 0.717) is 22.1 Å². The van der Waals surface area contributed by atoms with Crippen LogP contribution in [-0.4, -0.2) is 24.1 Å². The molecule has 0 radical (unpaired) electrons. The number of nitrogens with zero attached hydrogens (tertiary/aromatic N) is 5. The molecule has 4 heterocycles. The van der Waals surface area contributed by atoms with E-state index in [9.17, 15) is 0 Å². The van der Waals surface area contributed by atoms with Crippen LogP contribution in [0.2, 0.25) is 0 Å². The summed E-state index contributed by atoms with van der Waals surface area (Å²) in [6.45, 7) is 0. The minimum absolute atomic E-state index is 0.162. The van der Waals surface area contributed by atoms with Crippen molar-refractivity contribution < 1.29 is 26.3 Å². The molecule has 0 spiro atoms. The van der Waals surface area contributed by atoms with Crippen molar-refractivity contribution in [1.82, 2.24) is 24.1 Å². The molecule has 51 heavy (non-hydrogen) atoms. The molecule has 0 aliphatic heterocycles. The van der Waals surface area contributed by atoms with Gasteiger partial charge in [0.15, 0.2) is 5.82 Å². The molecule has 0 bridgehead atoms. The van der Waals surface area contributed by atoms with Crippen molar-refractivity contribution in [3.8, 4) is 34.4 Å². The van der Waals surface area contributed by atoms with Crippen molar-refractivity contribution in [2.24, 2.45) is 0 Å². The van der Waals surface area contributed by atoms with Crippen molar-refractivity contribution in [3.05, 3.63) is 163 Å². The third-order valence-corrected chi connectivity index (χ3v) is 8.91. The number of rotatable bonds is 4. The van der Waals surface area contributed by atoms with Crippen LogP contribution in [0.25, 0.3) is 100.0 Å². The molecule has 0 amide bonds. The fraction of sp³-hybridized carbons (Fsp3) is 0. The molecule has 6 heteroatoms. The molecule has 7 aromatic carbocycles. The van der Waals surface area contributed by atoms with E-state index in [0.717, 1.165) is 25.6 Å². The summed E-state index contributed by atoms with van der Waals surface area (Å²) in [5.41, 5.74) is 1.91.